The van der Waals surface area contributed by atoms with Crippen molar-refractivity contribution < 1.29 is 0 Å². The molecule has 0 aliphatic rings. The van der Waals surface area contributed by atoms with Crippen molar-refractivity contribution >= 4 is 63.7 Å². The summed E-state index contributed by atoms with van der Waals surface area (Å²) < 4.78 is 4.58. The van der Waals surface area contributed by atoms with E-state index in [9.17, 15) is 0 Å². The third-order valence-corrected chi connectivity index (χ3v) is 30.1. The summed E-state index contributed by atoms with van der Waals surface area (Å²) in [4.78, 5) is 0. The van der Waals surface area contributed by atoms with Crippen molar-refractivity contribution in [3.8, 4) is 44.5 Å². The van der Waals surface area contributed by atoms with E-state index in [1.54, 1.807) is 0 Å². The number of rotatable bonds is 8. The van der Waals surface area contributed by atoms with Crippen LogP contribution in [0.4, 0.5) is 0 Å². The van der Waals surface area contributed by atoms with E-state index in [2.05, 4.69) is 554 Å². The van der Waals surface area contributed by atoms with Gasteiger partial charge in [0, 0.05) is 34.4 Å². The highest BCUT2D eigenvalue weighted by atomic mass is 79.9. The molecule has 0 atom stereocenters. The zero-order valence-electron chi connectivity index (χ0n) is 85.0. The number of hydrogen-bond acceptors (Lipinski definition) is 0. The Morgan fingerprint density at radius 3 is 0.585 bits per heavy atom. The molecule has 0 aliphatic heterocycles. The van der Waals surface area contributed by atoms with Crippen molar-refractivity contribution in [2.75, 3.05) is 0 Å². The third kappa shape index (κ3) is 30.6. The van der Waals surface area contributed by atoms with Crippen LogP contribution >= 0.6 is 63.7 Å². The first kappa shape index (κ1) is 107. The number of benzene rings is 15. The van der Waals surface area contributed by atoms with Gasteiger partial charge in [0.15, 0.2) is 0 Å². The summed E-state index contributed by atoms with van der Waals surface area (Å²) in [7, 11) is 0. The predicted molar refractivity (Wildman–Crippen MR) is 590 cm³/mol. The zero-order chi connectivity index (χ0) is 96.6. The molecule has 0 aromatic heterocycles. The first-order valence-electron chi connectivity index (χ1n) is 45.8. The molecule has 0 heterocycles. The Morgan fingerprint density at radius 2 is 0.369 bits per heavy atom. The molecule has 0 saturated carbocycles. The van der Waals surface area contributed by atoms with Crippen LogP contribution in [-0.4, -0.2) is 0 Å². The molecule has 15 aromatic rings. The lowest BCUT2D eigenvalue weighted by atomic mass is 9.75. The van der Waals surface area contributed by atoms with Crippen molar-refractivity contribution in [1.82, 2.24) is 0 Å². The minimum absolute atomic E-state index is 0.0342. The molecule has 0 saturated heterocycles. The van der Waals surface area contributed by atoms with Gasteiger partial charge in [-0.05, 0) is 470 Å². The van der Waals surface area contributed by atoms with Crippen molar-refractivity contribution in [1.29, 1.82) is 0 Å². The van der Waals surface area contributed by atoms with Gasteiger partial charge < -0.3 is 0 Å². The van der Waals surface area contributed by atoms with Crippen molar-refractivity contribution in [3.05, 3.63) is 473 Å². The molecule has 15 aromatic carbocycles. The van der Waals surface area contributed by atoms with Crippen LogP contribution in [0.2, 0.25) is 0 Å². The van der Waals surface area contributed by atoms with E-state index in [-0.39, 0.29) is 5.41 Å². The van der Waals surface area contributed by atoms with Gasteiger partial charge in [-0.15, -0.1) is 0 Å². The molecule has 0 N–H and O–H groups in total. The molecule has 0 fully saturated rings. The molecule has 4 heteroatoms. The monoisotopic (exact) mass is 1970 g/mol. The van der Waals surface area contributed by atoms with E-state index < -0.39 is 0 Å². The normalized spacial score (nSPS) is 10.6. The number of aryl methyl sites for hydroxylation is 22. The van der Waals surface area contributed by atoms with E-state index in [4.69, 9.17) is 0 Å². The Balaban J connectivity index is 0.000000204. The van der Waals surface area contributed by atoms with E-state index in [1.165, 1.54) is 245 Å². The van der Waals surface area contributed by atoms with Crippen LogP contribution < -0.4 is 0 Å². The topological polar surface area (TPSA) is 0 Å². The van der Waals surface area contributed by atoms with Gasteiger partial charge in [0.1, 0.15) is 0 Å². The van der Waals surface area contributed by atoms with Crippen LogP contribution in [0.1, 0.15) is 214 Å². The lowest BCUT2D eigenvalue weighted by Gasteiger charge is -2.29. The summed E-state index contributed by atoms with van der Waals surface area (Å²) in [6, 6.07) is 92.1. The molecular weight excluding hydrogens is 1830 g/mol. The fourth-order valence-electron chi connectivity index (χ4n) is 15.2. The predicted octanol–water partition coefficient (Wildman–Crippen LogP) is 38.7. The van der Waals surface area contributed by atoms with Gasteiger partial charge in [-0.2, -0.15) is 0 Å². The Hall–Kier alpha value is -9.78. The molecule has 0 amide bonds. The fraction of sp³-hybridized carbons (Fsp3) is 0.286. The molecular formula is C126H146Br4. The summed E-state index contributed by atoms with van der Waals surface area (Å²) in [5.41, 5.74) is 59.0. The summed E-state index contributed by atoms with van der Waals surface area (Å²) in [5, 5.41) is 0. The number of halogens is 4. The van der Waals surface area contributed by atoms with Crippen molar-refractivity contribution in [3.63, 3.8) is 0 Å². The maximum atomic E-state index is 3.82. The fourth-order valence-corrected chi connectivity index (χ4v) is 18.5. The summed E-state index contributed by atoms with van der Waals surface area (Å²) in [6.07, 6.45) is 1.03. The van der Waals surface area contributed by atoms with Crippen LogP contribution in [0, 0.1) is 222 Å². The van der Waals surface area contributed by atoms with Gasteiger partial charge in [0.25, 0.3) is 0 Å². The highest BCUT2D eigenvalue weighted by Crippen LogP contribution is 2.49. The van der Waals surface area contributed by atoms with Crippen LogP contribution in [0.15, 0.2) is 273 Å². The zero-order valence-corrected chi connectivity index (χ0v) is 91.3. The largest absolute Gasteiger partial charge is 0.0617 e. The maximum Gasteiger partial charge on any atom is 0.0297 e. The highest BCUT2D eigenvalue weighted by molar-refractivity contribution is 9.11. The first-order valence-corrected chi connectivity index (χ1v) is 49.0. The average Bonchev–Trinajstić information content (AvgIpc) is 0.744. The van der Waals surface area contributed by atoms with Crippen LogP contribution in [0.25, 0.3) is 44.5 Å². The molecule has 0 nitrogen and oxygen atoms in total. The van der Waals surface area contributed by atoms with E-state index in [1.807, 2.05) is 0 Å². The van der Waals surface area contributed by atoms with Gasteiger partial charge in [-0.3, -0.25) is 0 Å². The quantitative estimate of drug-likeness (QED) is 0.142. The Morgan fingerprint density at radius 1 is 0.169 bits per heavy atom. The van der Waals surface area contributed by atoms with Gasteiger partial charge >= 0.3 is 0 Å². The molecule has 130 heavy (non-hydrogen) atoms. The van der Waals surface area contributed by atoms with Gasteiger partial charge in [-0.25, -0.2) is 0 Å². The van der Waals surface area contributed by atoms with Crippen molar-refractivity contribution in [2.45, 2.75) is 247 Å². The summed E-state index contributed by atoms with van der Waals surface area (Å²) in [6.45, 7) is 73.8. The van der Waals surface area contributed by atoms with Gasteiger partial charge in [0.05, 0.1) is 0 Å². The van der Waals surface area contributed by atoms with E-state index in [0.29, 0.717) is 0 Å². The van der Waals surface area contributed by atoms with Gasteiger partial charge in [0.2, 0.25) is 0 Å². The second-order valence-corrected chi connectivity index (χ2v) is 40.4. The van der Waals surface area contributed by atoms with Crippen LogP contribution in [0.5, 0.6) is 0 Å². The minimum Gasteiger partial charge on any atom is -0.0617 e. The Kier molecular flexibility index (Phi) is 41.0. The first-order chi connectivity index (χ1) is 61.1. The second kappa shape index (κ2) is 49.6. The van der Waals surface area contributed by atoms with E-state index >= 15 is 0 Å². The lowest BCUT2D eigenvalue weighted by molar-refractivity contribution is 0.637. The summed E-state index contributed by atoms with van der Waals surface area (Å²) in [5.74, 6) is 0. The molecule has 678 valence electrons. The SMILES string of the molecule is Cc1c(C)c(Br)c(-c2c(Br)c(C)c(C)c(C)c2Br)c(Br)c1C.Cc1cc(-c2cc(C)c(C)c(C)c2)cc(C)c1C.Cc1cc(C(C)(C)c2cc(C)c(C)c(C)c2)cc(C)c1C.Cc1ccc(-c2ccc(C)c(C)c2)cc1C.Cc1ccc(-c2ccc(C)cc2)cc1.Cc1ccc(C)cc1.Cc1ccc(Cc2ccc(C)cc2)cc1.Cc1cccc(C)c1.Cc1cccc(C)c1. The molecule has 15 rings (SSSR count). The third-order valence-electron chi connectivity index (χ3n) is 26.2. The summed E-state index contributed by atoms with van der Waals surface area (Å²) >= 11 is 15.3. The molecule has 0 unspecified atom stereocenters. The molecule has 0 aliphatic carbocycles. The molecule has 0 radical (unpaired) electrons. The van der Waals surface area contributed by atoms with E-state index in [0.717, 1.165) is 24.3 Å². The Labute approximate surface area is 821 Å². The molecule has 0 spiro atoms. The number of hydrogen-bond donors (Lipinski definition) is 0. The maximum absolute atomic E-state index is 3.82. The second-order valence-electron chi connectivity index (χ2n) is 37.3. The van der Waals surface area contributed by atoms with Crippen LogP contribution in [0.3, 0.4) is 0 Å². The minimum atomic E-state index is 0.0342. The standard InChI is InChI=1S/C21H28.C18H18Br4.C18H22.C16H18.C15H16.C14H14.3C8H10/c1-13-9-19(10-14(2)17(13)5)21(7,8)20-11-15(3)18(6)16(4)12-20;1-7-9(3)15(19)13(16(20)10(7)4)14-17(21)11(5)8(2)12(6)18(14)22;1-11-7-17(8-12(2)15(11)5)18-9-13(3)16(6)14(4)10-18;1-11-5-7-15(9-13(11)3)16-8-6-12(2)14(4)10-16;1-12-3-7-14(8-4-12)11-15-9-5-13(2)6-10-15;1-11-3-7-13(8-4-11)14-9-5-12(2)6-10-14;1-7-3-5-8(2)6-4-7;2*1-7-4-3-5-8(2)6-7/h9-12H,1-8H3;1-6H3;7-10H,1-6H3;5-10H,1-4H3;3-10H,11H2,1-2H3;3-10H,1-2H3;3*3-6H,1-2H3. The average molecular weight is 1980 g/mol. The van der Waals surface area contributed by atoms with Crippen molar-refractivity contribution in [2.24, 2.45) is 0 Å². The Bertz CT molecular complexity index is 5750. The highest BCUT2D eigenvalue weighted by Gasteiger charge is 2.26. The van der Waals surface area contributed by atoms with Crippen LogP contribution in [-0.2, 0) is 11.8 Å². The smallest absolute Gasteiger partial charge is 0.0297 e. The molecule has 0 bridgehead atoms. The van der Waals surface area contributed by atoms with Gasteiger partial charge in [-0.1, -0.05) is 324 Å². The lowest BCUT2D eigenvalue weighted by Crippen LogP contribution is -2.20.